The normalized spacial score (nSPS) is 13.9. The number of benzene rings is 2. The van der Waals surface area contributed by atoms with Gasteiger partial charge in [0.25, 0.3) is 11.8 Å². The first kappa shape index (κ1) is 20.6. The van der Waals surface area contributed by atoms with Crippen molar-refractivity contribution in [2.24, 2.45) is 0 Å². The zero-order valence-corrected chi connectivity index (χ0v) is 17.2. The van der Waals surface area contributed by atoms with Crippen LogP contribution in [0.15, 0.2) is 53.2 Å². The average Bonchev–Trinajstić information content (AvgIpc) is 2.93. The molecular weight excluding hydrogens is 392 g/mol. The number of nitrogens with one attached hydrogen (secondary N) is 1. The van der Waals surface area contributed by atoms with E-state index in [1.807, 2.05) is 39.0 Å². The van der Waals surface area contributed by atoms with Crippen LogP contribution in [0.4, 0.5) is 11.4 Å². The largest absolute Gasteiger partial charge is 0.462 e. The van der Waals surface area contributed by atoms with Crippen molar-refractivity contribution in [3.63, 3.8) is 0 Å². The Balaban J connectivity index is 1.83. The van der Waals surface area contributed by atoms with Crippen LogP contribution in [-0.4, -0.2) is 24.4 Å². The molecule has 1 aliphatic rings. The Morgan fingerprint density at radius 3 is 2.41 bits per heavy atom. The number of anilines is 2. The second-order valence-corrected chi connectivity index (χ2v) is 7.07. The molecule has 1 heterocycles. The van der Waals surface area contributed by atoms with Gasteiger partial charge in [-0.2, -0.15) is 0 Å². The molecule has 150 valence electrons. The molecule has 2 amide bonds. The van der Waals surface area contributed by atoms with Gasteiger partial charge in [-0.15, -0.1) is 0 Å². The first-order valence-corrected chi connectivity index (χ1v) is 9.62. The highest BCUT2D eigenvalue weighted by Gasteiger charge is 2.39. The molecular formula is C22H21ClN2O4. The van der Waals surface area contributed by atoms with Crippen molar-refractivity contribution in [2.45, 2.75) is 27.2 Å². The van der Waals surface area contributed by atoms with E-state index in [9.17, 15) is 14.4 Å². The van der Waals surface area contributed by atoms with Crippen LogP contribution >= 0.6 is 11.6 Å². The summed E-state index contributed by atoms with van der Waals surface area (Å²) in [7, 11) is 0. The molecule has 2 aromatic carbocycles. The van der Waals surface area contributed by atoms with Crippen LogP contribution in [0, 0.1) is 13.8 Å². The maximum Gasteiger partial charge on any atom is 0.338 e. The van der Waals surface area contributed by atoms with E-state index in [0.717, 1.165) is 22.4 Å². The number of rotatable bonds is 6. The van der Waals surface area contributed by atoms with Gasteiger partial charge in [-0.1, -0.05) is 30.7 Å². The number of nitrogens with zero attached hydrogens (tertiary/aromatic N) is 1. The smallest absolute Gasteiger partial charge is 0.338 e. The maximum absolute atomic E-state index is 12.9. The Bertz CT molecular complexity index is 1010. The summed E-state index contributed by atoms with van der Waals surface area (Å²) in [5.41, 5.74) is 3.40. The van der Waals surface area contributed by atoms with Gasteiger partial charge in [-0.25, -0.2) is 9.69 Å². The minimum absolute atomic E-state index is 0.0248. The summed E-state index contributed by atoms with van der Waals surface area (Å²) in [5.74, 6) is -1.63. The molecule has 0 aromatic heterocycles. The third kappa shape index (κ3) is 4.03. The van der Waals surface area contributed by atoms with E-state index in [0.29, 0.717) is 23.5 Å². The number of carbonyl (C=O) groups excluding carboxylic acids is 3. The molecule has 3 rings (SSSR count). The molecule has 7 heteroatoms. The fourth-order valence-electron chi connectivity index (χ4n) is 2.89. The second kappa shape index (κ2) is 8.49. The molecule has 0 radical (unpaired) electrons. The molecule has 6 nitrogen and oxygen atoms in total. The van der Waals surface area contributed by atoms with Crippen molar-refractivity contribution in [2.75, 3.05) is 16.8 Å². The van der Waals surface area contributed by atoms with Crippen LogP contribution in [-0.2, 0) is 14.3 Å². The highest BCUT2D eigenvalue weighted by Crippen LogP contribution is 2.31. The molecule has 0 aliphatic carbocycles. The van der Waals surface area contributed by atoms with Crippen molar-refractivity contribution in [3.05, 3.63) is 69.9 Å². The van der Waals surface area contributed by atoms with E-state index in [1.165, 1.54) is 24.3 Å². The molecule has 0 bridgehead atoms. The lowest BCUT2D eigenvalue weighted by Crippen LogP contribution is -2.32. The summed E-state index contributed by atoms with van der Waals surface area (Å²) < 4.78 is 5.08. The average molecular weight is 413 g/mol. The number of halogens is 1. The van der Waals surface area contributed by atoms with Gasteiger partial charge in [0.1, 0.15) is 10.7 Å². The Morgan fingerprint density at radius 2 is 1.76 bits per heavy atom. The van der Waals surface area contributed by atoms with Crippen LogP contribution in [0.3, 0.4) is 0 Å². The van der Waals surface area contributed by atoms with Crippen LogP contribution < -0.4 is 10.2 Å². The topological polar surface area (TPSA) is 75.7 Å². The van der Waals surface area contributed by atoms with E-state index >= 15 is 0 Å². The predicted octanol–water partition coefficient (Wildman–Crippen LogP) is 4.31. The molecule has 0 saturated heterocycles. The Labute approximate surface area is 174 Å². The van der Waals surface area contributed by atoms with Crippen molar-refractivity contribution in [3.8, 4) is 0 Å². The van der Waals surface area contributed by atoms with Gasteiger partial charge in [-0.05, 0) is 61.7 Å². The molecule has 29 heavy (non-hydrogen) atoms. The number of aryl methyl sites for hydroxylation is 1. The quantitative estimate of drug-likeness (QED) is 0.565. The molecule has 2 aromatic rings. The fraction of sp³-hybridized carbons (Fsp3) is 0.227. The SMILES string of the molecule is CCCOC(=O)c1ccc(N2C(=O)C(Cl)=C(Nc3cccc(C)c3C)C2=O)cc1. The zero-order valence-electron chi connectivity index (χ0n) is 16.4. The minimum Gasteiger partial charge on any atom is -0.462 e. The first-order chi connectivity index (χ1) is 13.8. The molecule has 1 N–H and O–H groups in total. The Morgan fingerprint density at radius 1 is 1.07 bits per heavy atom. The number of hydrogen-bond donors (Lipinski definition) is 1. The van der Waals surface area contributed by atoms with Crippen molar-refractivity contribution in [1.82, 2.24) is 0 Å². The van der Waals surface area contributed by atoms with E-state index in [1.54, 1.807) is 0 Å². The molecule has 0 fully saturated rings. The van der Waals surface area contributed by atoms with Crippen LogP contribution in [0.25, 0.3) is 0 Å². The monoisotopic (exact) mass is 412 g/mol. The lowest BCUT2D eigenvalue weighted by molar-refractivity contribution is -0.120. The second-order valence-electron chi connectivity index (χ2n) is 6.69. The van der Waals surface area contributed by atoms with Crippen LogP contribution in [0.5, 0.6) is 0 Å². The van der Waals surface area contributed by atoms with Crippen molar-refractivity contribution < 1.29 is 19.1 Å². The van der Waals surface area contributed by atoms with E-state index < -0.39 is 17.8 Å². The number of esters is 1. The van der Waals surface area contributed by atoms with E-state index in [4.69, 9.17) is 16.3 Å². The molecule has 0 saturated carbocycles. The number of carbonyl (C=O) groups is 3. The van der Waals surface area contributed by atoms with Gasteiger partial charge in [-0.3, -0.25) is 9.59 Å². The highest BCUT2D eigenvalue weighted by molar-refractivity contribution is 6.53. The summed E-state index contributed by atoms with van der Waals surface area (Å²) in [5, 5.41) is 2.82. The third-order valence-corrected chi connectivity index (χ3v) is 5.04. The lowest BCUT2D eigenvalue weighted by atomic mass is 10.1. The fourth-order valence-corrected chi connectivity index (χ4v) is 3.10. The summed E-state index contributed by atoms with van der Waals surface area (Å²) >= 11 is 6.18. The molecule has 0 unspecified atom stereocenters. The van der Waals surface area contributed by atoms with Crippen LogP contribution in [0.1, 0.15) is 34.8 Å². The highest BCUT2D eigenvalue weighted by atomic mass is 35.5. The number of amides is 2. The summed E-state index contributed by atoms with van der Waals surface area (Å²) in [6.45, 7) is 6.11. The molecule has 1 aliphatic heterocycles. The lowest BCUT2D eigenvalue weighted by Gasteiger charge is -2.16. The molecule has 0 atom stereocenters. The predicted molar refractivity (Wildman–Crippen MR) is 112 cm³/mol. The number of imide groups is 1. The van der Waals surface area contributed by atoms with Crippen LogP contribution in [0.2, 0.25) is 0 Å². The minimum atomic E-state index is -0.620. The third-order valence-electron chi connectivity index (χ3n) is 4.69. The van der Waals surface area contributed by atoms with Gasteiger partial charge in [0.15, 0.2) is 0 Å². The maximum atomic E-state index is 12.9. The van der Waals surface area contributed by atoms with Gasteiger partial charge in [0.2, 0.25) is 0 Å². The van der Waals surface area contributed by atoms with Gasteiger partial charge < -0.3 is 10.1 Å². The van der Waals surface area contributed by atoms with E-state index in [-0.39, 0.29) is 10.7 Å². The number of ether oxygens (including phenoxy) is 1. The molecule has 0 spiro atoms. The first-order valence-electron chi connectivity index (χ1n) is 9.24. The summed E-state index contributed by atoms with van der Waals surface area (Å²) in [6.07, 6.45) is 0.723. The standard InChI is InChI=1S/C22H21ClN2O4/c1-4-12-29-22(28)15-8-10-16(11-9-15)25-20(26)18(23)19(21(25)27)24-17-7-5-6-13(2)14(17)3/h5-11,24H,4,12H2,1-3H3. The summed E-state index contributed by atoms with van der Waals surface area (Å²) in [6, 6.07) is 11.7. The number of hydrogen-bond acceptors (Lipinski definition) is 5. The van der Waals surface area contributed by atoms with Gasteiger partial charge in [0.05, 0.1) is 17.9 Å². The Hall–Kier alpha value is -3.12. The van der Waals surface area contributed by atoms with Gasteiger partial charge in [0, 0.05) is 5.69 Å². The zero-order chi connectivity index (χ0) is 21.1. The van der Waals surface area contributed by atoms with E-state index in [2.05, 4.69) is 5.32 Å². The van der Waals surface area contributed by atoms with Gasteiger partial charge >= 0.3 is 5.97 Å². The van der Waals surface area contributed by atoms with Crippen molar-refractivity contribution >= 4 is 40.8 Å². The van der Waals surface area contributed by atoms with Crippen molar-refractivity contribution in [1.29, 1.82) is 0 Å². The summed E-state index contributed by atoms with van der Waals surface area (Å²) in [4.78, 5) is 38.4. The Kier molecular flexibility index (Phi) is 6.03.